The second-order valence-corrected chi connectivity index (χ2v) is 7.92. The summed E-state index contributed by atoms with van der Waals surface area (Å²) < 4.78 is 0. The number of nitriles is 1. The van der Waals surface area contributed by atoms with E-state index in [0.29, 0.717) is 11.6 Å². The Morgan fingerprint density at radius 3 is 2.82 bits per heavy atom. The summed E-state index contributed by atoms with van der Waals surface area (Å²) in [6.45, 7) is 5.19. The second-order valence-electron chi connectivity index (χ2n) is 7.06. The van der Waals surface area contributed by atoms with E-state index < -0.39 is 0 Å². The van der Waals surface area contributed by atoms with Gasteiger partial charge in [-0.1, -0.05) is 6.07 Å². The highest BCUT2D eigenvalue weighted by molar-refractivity contribution is 7.13. The number of hydrogen-bond donors (Lipinski definition) is 1. The minimum Gasteiger partial charge on any atom is -0.330 e. The zero-order valence-corrected chi connectivity index (χ0v) is 16.6. The number of nitrogens with zero attached hydrogens (tertiary/aromatic N) is 5. The van der Waals surface area contributed by atoms with Crippen LogP contribution in [-0.4, -0.2) is 32.9 Å². The first-order chi connectivity index (χ1) is 13.7. The van der Waals surface area contributed by atoms with Crippen molar-refractivity contribution < 1.29 is 0 Å². The monoisotopic (exact) mass is 390 g/mol. The number of pyridine rings is 2. The van der Waals surface area contributed by atoms with Gasteiger partial charge >= 0.3 is 0 Å². The van der Waals surface area contributed by atoms with Crippen LogP contribution in [0.3, 0.4) is 0 Å². The number of likely N-dealkylation sites (tertiary alicyclic amines) is 1. The van der Waals surface area contributed by atoms with Crippen molar-refractivity contribution in [3.05, 3.63) is 64.7 Å². The summed E-state index contributed by atoms with van der Waals surface area (Å²) in [7, 11) is 0. The number of nitrogens with one attached hydrogen (secondary N) is 1. The fourth-order valence-electron chi connectivity index (χ4n) is 3.47. The predicted molar refractivity (Wildman–Crippen MR) is 111 cm³/mol. The molecule has 0 saturated carbocycles. The largest absolute Gasteiger partial charge is 0.330 e. The van der Waals surface area contributed by atoms with Crippen molar-refractivity contribution >= 4 is 22.2 Å². The van der Waals surface area contributed by atoms with Crippen LogP contribution < -0.4 is 5.32 Å². The highest BCUT2D eigenvalue weighted by Crippen LogP contribution is 2.31. The highest BCUT2D eigenvalue weighted by atomic mass is 32.1. The van der Waals surface area contributed by atoms with Gasteiger partial charge in [-0.25, -0.2) is 9.97 Å². The summed E-state index contributed by atoms with van der Waals surface area (Å²) in [5.74, 6) is 0.506. The van der Waals surface area contributed by atoms with Crippen molar-refractivity contribution in [3.63, 3.8) is 0 Å². The molecule has 4 rings (SSSR count). The highest BCUT2D eigenvalue weighted by Gasteiger charge is 2.23. The Hall–Kier alpha value is -2.82. The Bertz CT molecular complexity index is 967. The van der Waals surface area contributed by atoms with E-state index in [0.717, 1.165) is 43.3 Å². The lowest BCUT2D eigenvalue weighted by Gasteiger charge is -2.31. The molecule has 1 fully saturated rings. The molecule has 0 atom stereocenters. The van der Waals surface area contributed by atoms with Crippen molar-refractivity contribution in [1.82, 2.24) is 19.9 Å². The molecule has 0 aliphatic carbocycles. The minimum absolute atomic E-state index is 0.415. The summed E-state index contributed by atoms with van der Waals surface area (Å²) in [6, 6.07) is 9.70. The number of anilines is 2. The molecule has 4 heterocycles. The van der Waals surface area contributed by atoms with Gasteiger partial charge in [-0.15, -0.1) is 11.3 Å². The van der Waals surface area contributed by atoms with Crippen molar-refractivity contribution in [2.24, 2.45) is 0 Å². The van der Waals surface area contributed by atoms with Gasteiger partial charge < -0.3 is 5.32 Å². The molecule has 0 radical (unpaired) electrons. The smallest absolute Gasteiger partial charge is 0.187 e. The third kappa shape index (κ3) is 4.35. The van der Waals surface area contributed by atoms with Crippen LogP contribution in [0.5, 0.6) is 0 Å². The van der Waals surface area contributed by atoms with Gasteiger partial charge in [0.1, 0.15) is 11.8 Å². The Balaban J connectivity index is 1.32. The molecule has 7 heteroatoms. The number of aryl methyl sites for hydroxylation is 1. The van der Waals surface area contributed by atoms with Gasteiger partial charge in [0.05, 0.1) is 23.3 Å². The van der Waals surface area contributed by atoms with Crippen LogP contribution in [-0.2, 0) is 6.54 Å². The van der Waals surface area contributed by atoms with Gasteiger partial charge in [-0.3, -0.25) is 9.88 Å². The molecule has 1 saturated heterocycles. The van der Waals surface area contributed by atoms with Crippen LogP contribution in [0.15, 0.2) is 42.0 Å². The number of aromatic nitrogens is 3. The molecule has 0 amide bonds. The molecular weight excluding hydrogens is 368 g/mol. The molecule has 0 unspecified atom stereocenters. The van der Waals surface area contributed by atoms with E-state index in [-0.39, 0.29) is 0 Å². The average molecular weight is 391 g/mol. The summed E-state index contributed by atoms with van der Waals surface area (Å²) in [5.41, 5.74) is 4.87. The first kappa shape index (κ1) is 18.5. The molecule has 6 nitrogen and oxygen atoms in total. The molecule has 28 heavy (non-hydrogen) atoms. The van der Waals surface area contributed by atoms with E-state index in [1.54, 1.807) is 23.6 Å². The van der Waals surface area contributed by atoms with Gasteiger partial charge in [0.25, 0.3) is 0 Å². The van der Waals surface area contributed by atoms with Gasteiger partial charge in [0.2, 0.25) is 0 Å². The minimum atomic E-state index is 0.415. The van der Waals surface area contributed by atoms with Crippen LogP contribution in [0.4, 0.5) is 10.8 Å². The van der Waals surface area contributed by atoms with E-state index in [1.165, 1.54) is 17.0 Å². The normalized spacial score (nSPS) is 15.3. The molecule has 0 spiro atoms. The molecule has 0 aromatic carbocycles. The summed E-state index contributed by atoms with van der Waals surface area (Å²) in [5, 5.41) is 15.1. The molecular formula is C21H22N6S. The van der Waals surface area contributed by atoms with Crippen molar-refractivity contribution in [2.45, 2.75) is 32.2 Å². The fourth-order valence-corrected chi connectivity index (χ4v) is 4.28. The third-order valence-corrected chi connectivity index (χ3v) is 5.92. The van der Waals surface area contributed by atoms with Gasteiger partial charge in [-0.05, 0) is 56.6 Å². The molecule has 0 bridgehead atoms. The Kier molecular flexibility index (Phi) is 5.60. The summed E-state index contributed by atoms with van der Waals surface area (Å²) in [6.07, 6.45) is 5.78. The van der Waals surface area contributed by atoms with E-state index in [1.807, 2.05) is 24.4 Å². The maximum absolute atomic E-state index is 8.83. The lowest BCUT2D eigenvalue weighted by atomic mass is 9.94. The molecule has 1 aliphatic heterocycles. The van der Waals surface area contributed by atoms with Gasteiger partial charge in [0, 0.05) is 24.0 Å². The molecule has 1 aliphatic rings. The maximum Gasteiger partial charge on any atom is 0.187 e. The zero-order chi connectivity index (χ0) is 19.3. The Morgan fingerprint density at radius 2 is 2.11 bits per heavy atom. The van der Waals surface area contributed by atoms with Crippen molar-refractivity contribution in [3.8, 4) is 6.07 Å². The maximum atomic E-state index is 8.83. The Labute approximate surface area is 168 Å². The average Bonchev–Trinajstić information content (AvgIpc) is 3.19. The van der Waals surface area contributed by atoms with E-state index >= 15 is 0 Å². The number of hydrogen-bond acceptors (Lipinski definition) is 7. The van der Waals surface area contributed by atoms with Crippen LogP contribution in [0.2, 0.25) is 0 Å². The first-order valence-corrected chi connectivity index (χ1v) is 10.3. The van der Waals surface area contributed by atoms with Crippen LogP contribution in [0, 0.1) is 18.3 Å². The lowest BCUT2D eigenvalue weighted by molar-refractivity contribution is 0.201. The molecule has 1 N–H and O–H groups in total. The Morgan fingerprint density at radius 1 is 1.25 bits per heavy atom. The number of thiazole rings is 1. The third-order valence-electron chi connectivity index (χ3n) is 5.15. The van der Waals surface area contributed by atoms with Crippen LogP contribution >= 0.6 is 11.3 Å². The predicted octanol–water partition coefficient (Wildman–Crippen LogP) is 4.24. The van der Waals surface area contributed by atoms with Gasteiger partial charge in [-0.2, -0.15) is 5.26 Å². The van der Waals surface area contributed by atoms with Crippen molar-refractivity contribution in [2.75, 3.05) is 18.4 Å². The quantitative estimate of drug-likeness (QED) is 0.702. The summed E-state index contributed by atoms with van der Waals surface area (Å²) >= 11 is 1.61. The van der Waals surface area contributed by atoms with E-state index in [2.05, 4.69) is 38.6 Å². The topological polar surface area (TPSA) is 77.7 Å². The zero-order valence-electron chi connectivity index (χ0n) is 15.8. The number of piperidine rings is 1. The molecule has 3 aromatic heterocycles. The van der Waals surface area contributed by atoms with Gasteiger partial charge in [0.15, 0.2) is 5.13 Å². The summed E-state index contributed by atoms with van der Waals surface area (Å²) in [4.78, 5) is 15.9. The van der Waals surface area contributed by atoms with Crippen LogP contribution in [0.1, 0.15) is 41.4 Å². The standard InChI is InChI=1S/C21H22N6S/c1-15-3-2-8-23-19(15)13-27-9-6-16(7-10-27)20-14-28-21(26-20)25-18-5-4-17(11-22)24-12-18/h2-5,8,12,14,16H,6-7,9-10,13H2,1H3,(H,25,26). The van der Waals surface area contributed by atoms with E-state index in [4.69, 9.17) is 10.2 Å². The molecule has 142 valence electrons. The SMILES string of the molecule is Cc1cccnc1CN1CCC(c2csc(Nc3ccc(C#N)nc3)n2)CC1. The van der Waals surface area contributed by atoms with Crippen molar-refractivity contribution in [1.29, 1.82) is 5.26 Å². The first-order valence-electron chi connectivity index (χ1n) is 9.43. The second kappa shape index (κ2) is 8.46. The van der Waals surface area contributed by atoms with Crippen LogP contribution in [0.25, 0.3) is 0 Å². The lowest BCUT2D eigenvalue weighted by Crippen LogP contribution is -2.33. The number of rotatable bonds is 5. The molecule has 3 aromatic rings. The fraction of sp³-hybridized carbons (Fsp3) is 0.333. The van der Waals surface area contributed by atoms with E-state index in [9.17, 15) is 0 Å².